The summed E-state index contributed by atoms with van der Waals surface area (Å²) in [7, 11) is 4.79. The number of ether oxygens (including phenoxy) is 4. The van der Waals surface area contributed by atoms with Crippen LogP contribution in [0.25, 0.3) is 10.8 Å². The molecule has 0 aliphatic carbocycles. The zero-order chi connectivity index (χ0) is 21.1. The van der Waals surface area contributed by atoms with Gasteiger partial charge in [0.05, 0.1) is 27.0 Å². The summed E-state index contributed by atoms with van der Waals surface area (Å²) < 4.78 is 22.3. The van der Waals surface area contributed by atoms with Gasteiger partial charge in [-0.05, 0) is 45.7 Å². The zero-order valence-electron chi connectivity index (χ0n) is 17.7. The predicted octanol–water partition coefficient (Wildman–Crippen LogP) is 5.25. The monoisotopic (exact) mass is 387 g/mol. The Bertz CT molecular complexity index is 896. The van der Waals surface area contributed by atoms with Gasteiger partial charge >= 0.3 is 6.09 Å². The highest BCUT2D eigenvalue weighted by Crippen LogP contribution is 2.45. The van der Waals surface area contributed by atoms with Crippen molar-refractivity contribution in [1.82, 2.24) is 0 Å². The number of aryl methyl sites for hydroxylation is 1. The number of allylic oxidation sites excluding steroid dienone is 1. The van der Waals surface area contributed by atoms with Gasteiger partial charge in [0.15, 0.2) is 5.75 Å². The van der Waals surface area contributed by atoms with Crippen LogP contribution >= 0.6 is 0 Å². The minimum Gasteiger partial charge on any atom is -0.496 e. The summed E-state index contributed by atoms with van der Waals surface area (Å²) in [5, 5.41) is 4.43. The average Bonchev–Trinajstić information content (AvgIpc) is 2.59. The quantitative estimate of drug-likeness (QED) is 0.686. The third-order valence-corrected chi connectivity index (χ3v) is 4.19. The molecule has 2 rings (SSSR count). The van der Waals surface area contributed by atoms with E-state index >= 15 is 0 Å². The molecule has 2 aromatic rings. The Balaban J connectivity index is 2.76. The van der Waals surface area contributed by atoms with Gasteiger partial charge in [0.1, 0.15) is 17.1 Å². The van der Waals surface area contributed by atoms with Gasteiger partial charge in [0.25, 0.3) is 0 Å². The molecule has 0 heterocycles. The highest BCUT2D eigenvalue weighted by molar-refractivity contribution is 6.04. The number of carbonyl (C=O) groups is 1. The molecule has 6 nitrogen and oxygen atoms in total. The SMILES string of the molecule is C=CCc1c(OC)c(C)cc2c(OC)c(NC(=O)OC(C)(C)C)cc(OC)c12. The van der Waals surface area contributed by atoms with Gasteiger partial charge in [-0.25, -0.2) is 4.79 Å². The van der Waals surface area contributed by atoms with Crippen molar-refractivity contribution in [3.05, 3.63) is 35.9 Å². The molecule has 152 valence electrons. The summed E-state index contributed by atoms with van der Waals surface area (Å²) in [5.74, 6) is 1.90. The van der Waals surface area contributed by atoms with Crippen molar-refractivity contribution in [3.63, 3.8) is 0 Å². The van der Waals surface area contributed by atoms with E-state index in [0.717, 1.165) is 27.6 Å². The van der Waals surface area contributed by atoms with Crippen LogP contribution in [0.5, 0.6) is 17.2 Å². The molecule has 0 fully saturated rings. The lowest BCUT2D eigenvalue weighted by molar-refractivity contribution is 0.0635. The molecule has 0 aromatic heterocycles. The van der Waals surface area contributed by atoms with Gasteiger partial charge < -0.3 is 18.9 Å². The second-order valence-corrected chi connectivity index (χ2v) is 7.41. The van der Waals surface area contributed by atoms with Crippen LogP contribution in [0.2, 0.25) is 0 Å². The molecule has 0 aliphatic rings. The van der Waals surface area contributed by atoms with Crippen LogP contribution in [0, 0.1) is 6.92 Å². The number of nitrogens with one attached hydrogen (secondary N) is 1. The molecule has 0 aliphatic heterocycles. The molecule has 0 saturated carbocycles. The van der Waals surface area contributed by atoms with Gasteiger partial charge in [-0.1, -0.05) is 6.08 Å². The van der Waals surface area contributed by atoms with Crippen LogP contribution in [-0.2, 0) is 11.2 Å². The smallest absolute Gasteiger partial charge is 0.412 e. The van der Waals surface area contributed by atoms with E-state index in [-0.39, 0.29) is 0 Å². The number of rotatable bonds is 6. The van der Waals surface area contributed by atoms with E-state index in [1.807, 2.05) is 39.8 Å². The Labute approximate surface area is 166 Å². The van der Waals surface area contributed by atoms with Crippen LogP contribution in [0.3, 0.4) is 0 Å². The molecule has 0 unspecified atom stereocenters. The number of hydrogen-bond donors (Lipinski definition) is 1. The third-order valence-electron chi connectivity index (χ3n) is 4.19. The van der Waals surface area contributed by atoms with Gasteiger partial charge in [-0.2, -0.15) is 0 Å². The van der Waals surface area contributed by atoms with E-state index in [4.69, 9.17) is 18.9 Å². The zero-order valence-corrected chi connectivity index (χ0v) is 17.7. The molecule has 2 aromatic carbocycles. The minimum absolute atomic E-state index is 0.468. The molecule has 0 spiro atoms. The van der Waals surface area contributed by atoms with E-state index < -0.39 is 11.7 Å². The summed E-state index contributed by atoms with van der Waals surface area (Å²) in [6.45, 7) is 11.2. The maximum absolute atomic E-state index is 12.3. The van der Waals surface area contributed by atoms with Gasteiger partial charge in [0.2, 0.25) is 0 Å². The second kappa shape index (κ2) is 8.42. The fourth-order valence-electron chi connectivity index (χ4n) is 3.25. The van der Waals surface area contributed by atoms with E-state index in [9.17, 15) is 4.79 Å². The van der Waals surface area contributed by atoms with Crippen molar-refractivity contribution >= 4 is 22.6 Å². The highest BCUT2D eigenvalue weighted by atomic mass is 16.6. The van der Waals surface area contributed by atoms with E-state index in [2.05, 4.69) is 11.9 Å². The van der Waals surface area contributed by atoms with Crippen molar-refractivity contribution in [2.75, 3.05) is 26.6 Å². The Hall–Kier alpha value is -2.89. The maximum atomic E-state index is 12.3. The number of amides is 1. The third kappa shape index (κ3) is 4.32. The minimum atomic E-state index is -0.612. The first kappa shape index (κ1) is 21.4. The summed E-state index contributed by atoms with van der Waals surface area (Å²) in [6.07, 6.45) is 1.85. The molecular weight excluding hydrogens is 358 g/mol. The Morgan fingerprint density at radius 1 is 1.11 bits per heavy atom. The van der Waals surface area contributed by atoms with E-state index in [1.54, 1.807) is 27.4 Å². The lowest BCUT2D eigenvalue weighted by Gasteiger charge is -2.22. The first-order valence-corrected chi connectivity index (χ1v) is 9.02. The maximum Gasteiger partial charge on any atom is 0.412 e. The largest absolute Gasteiger partial charge is 0.496 e. The normalized spacial score (nSPS) is 11.1. The molecule has 0 bridgehead atoms. The average molecular weight is 387 g/mol. The fourth-order valence-corrected chi connectivity index (χ4v) is 3.25. The lowest BCUT2D eigenvalue weighted by Crippen LogP contribution is -2.27. The number of anilines is 1. The molecule has 28 heavy (non-hydrogen) atoms. The van der Waals surface area contributed by atoms with Crippen molar-refractivity contribution in [3.8, 4) is 17.2 Å². The van der Waals surface area contributed by atoms with Gasteiger partial charge in [-0.3, -0.25) is 5.32 Å². The number of fused-ring (bicyclic) bond motifs is 1. The molecule has 0 radical (unpaired) electrons. The second-order valence-electron chi connectivity index (χ2n) is 7.41. The first-order chi connectivity index (χ1) is 13.2. The standard InChI is InChI=1S/C22H29NO5/c1-9-10-14-18-15(11-13(2)19(14)26-7)20(27-8)16(12-17(18)25-6)23-21(24)28-22(3,4)5/h9,11-12H,1,10H2,2-8H3,(H,23,24). The molecule has 0 saturated heterocycles. The number of benzene rings is 2. The van der Waals surface area contributed by atoms with Crippen LogP contribution in [0.4, 0.5) is 10.5 Å². The highest BCUT2D eigenvalue weighted by Gasteiger charge is 2.23. The van der Waals surface area contributed by atoms with Crippen molar-refractivity contribution < 1.29 is 23.7 Å². The summed E-state index contributed by atoms with van der Waals surface area (Å²) in [5.41, 5.74) is 1.75. The predicted molar refractivity (Wildman–Crippen MR) is 112 cm³/mol. The van der Waals surface area contributed by atoms with Crippen molar-refractivity contribution in [2.45, 2.75) is 39.7 Å². The van der Waals surface area contributed by atoms with Crippen molar-refractivity contribution in [2.24, 2.45) is 0 Å². The lowest BCUT2D eigenvalue weighted by atomic mass is 9.95. The number of carbonyl (C=O) groups excluding carboxylic acids is 1. The summed E-state index contributed by atoms with van der Waals surface area (Å²) >= 11 is 0. The van der Waals surface area contributed by atoms with Crippen LogP contribution in [0.1, 0.15) is 31.9 Å². The fraction of sp³-hybridized carbons (Fsp3) is 0.409. The van der Waals surface area contributed by atoms with E-state index in [1.165, 1.54) is 0 Å². The van der Waals surface area contributed by atoms with Crippen LogP contribution in [0.15, 0.2) is 24.8 Å². The van der Waals surface area contributed by atoms with Crippen LogP contribution < -0.4 is 19.5 Å². The van der Waals surface area contributed by atoms with Crippen molar-refractivity contribution in [1.29, 1.82) is 0 Å². The molecule has 1 N–H and O–H groups in total. The van der Waals surface area contributed by atoms with Gasteiger partial charge in [-0.15, -0.1) is 6.58 Å². The first-order valence-electron chi connectivity index (χ1n) is 9.02. The van der Waals surface area contributed by atoms with Gasteiger partial charge in [0, 0.05) is 22.4 Å². The van der Waals surface area contributed by atoms with E-state index in [0.29, 0.717) is 23.6 Å². The Morgan fingerprint density at radius 3 is 2.25 bits per heavy atom. The number of hydrogen-bond acceptors (Lipinski definition) is 5. The molecule has 0 atom stereocenters. The Kier molecular flexibility index (Phi) is 6.44. The summed E-state index contributed by atoms with van der Waals surface area (Å²) in [4.78, 5) is 12.3. The molecule has 1 amide bonds. The molecular formula is C22H29NO5. The molecule has 6 heteroatoms. The topological polar surface area (TPSA) is 66.0 Å². The Morgan fingerprint density at radius 2 is 1.75 bits per heavy atom. The van der Waals surface area contributed by atoms with Crippen LogP contribution in [-0.4, -0.2) is 33.0 Å². The number of methoxy groups -OCH3 is 3. The summed E-state index contributed by atoms with van der Waals surface area (Å²) in [6, 6.07) is 3.69.